The number of halogens is 5. The first kappa shape index (κ1) is 15.6. The molecule has 11 heteroatoms. The van der Waals surface area contributed by atoms with Crippen molar-refractivity contribution in [2.24, 2.45) is 0 Å². The van der Waals surface area contributed by atoms with Gasteiger partial charge in [-0.15, -0.1) is 0 Å². The highest BCUT2D eigenvalue weighted by Gasteiger charge is 2.22. The van der Waals surface area contributed by atoms with E-state index < -0.39 is 17.7 Å². The van der Waals surface area contributed by atoms with E-state index in [4.69, 9.17) is 0 Å². The van der Waals surface area contributed by atoms with E-state index in [0.717, 1.165) is 11.7 Å². The minimum Gasteiger partial charge on any atom is -0.418 e. The highest BCUT2D eigenvalue weighted by Crippen LogP contribution is 2.06. The standard InChI is InChI=1S/C6H8FN2O2S.BF4/c1-8(12(7,10)11)9-5-3-2-4-6-9;2-1(3,4)5/h2-6H,1H3;/q+1;-1. The Balaban J connectivity index is 0.000000437. The van der Waals surface area contributed by atoms with Gasteiger partial charge in [-0.05, 0) is 4.41 Å². The lowest BCUT2D eigenvalue weighted by atomic mass is 10.3. The van der Waals surface area contributed by atoms with Crippen molar-refractivity contribution in [2.45, 2.75) is 0 Å². The van der Waals surface area contributed by atoms with Gasteiger partial charge in [-0.25, -0.2) is 0 Å². The largest absolute Gasteiger partial charge is 0.673 e. The van der Waals surface area contributed by atoms with Crippen molar-refractivity contribution in [3.63, 3.8) is 0 Å². The third-order valence-corrected chi connectivity index (χ3v) is 2.16. The monoisotopic (exact) mass is 278 g/mol. The molecule has 0 saturated carbocycles. The first-order chi connectivity index (χ1) is 7.52. The van der Waals surface area contributed by atoms with Crippen molar-refractivity contribution in [1.82, 2.24) is 0 Å². The van der Waals surface area contributed by atoms with Crippen LogP contribution in [0, 0.1) is 0 Å². The van der Waals surface area contributed by atoms with E-state index in [1.807, 2.05) is 0 Å². The van der Waals surface area contributed by atoms with E-state index in [-0.39, 0.29) is 0 Å². The summed E-state index contributed by atoms with van der Waals surface area (Å²) in [6.45, 7) is 0. The van der Waals surface area contributed by atoms with Crippen molar-refractivity contribution in [2.75, 3.05) is 11.5 Å². The number of hydrogen-bond donors (Lipinski definition) is 0. The van der Waals surface area contributed by atoms with Gasteiger partial charge in [0.15, 0.2) is 0 Å². The van der Waals surface area contributed by atoms with Gasteiger partial charge in [-0.1, -0.05) is 14.6 Å². The summed E-state index contributed by atoms with van der Waals surface area (Å²) in [6, 6.07) is 4.90. The molecule has 0 radical (unpaired) electrons. The van der Waals surface area contributed by atoms with E-state index in [1.165, 1.54) is 12.4 Å². The fourth-order valence-electron chi connectivity index (χ4n) is 0.690. The van der Waals surface area contributed by atoms with Crippen LogP contribution in [-0.4, -0.2) is 22.7 Å². The molecule has 0 aliphatic heterocycles. The predicted molar refractivity (Wildman–Crippen MR) is 51.0 cm³/mol. The quantitative estimate of drug-likeness (QED) is 0.351. The molecule has 1 aromatic heterocycles. The van der Waals surface area contributed by atoms with Crippen LogP contribution in [0.5, 0.6) is 0 Å². The van der Waals surface area contributed by atoms with E-state index in [1.54, 1.807) is 18.2 Å². The fraction of sp³-hybridized carbons (Fsp3) is 0.167. The van der Waals surface area contributed by atoms with Crippen LogP contribution in [0.4, 0.5) is 21.1 Å². The average molecular weight is 278 g/mol. The maximum atomic E-state index is 12.3. The molecular formula is C6H8BF5N2O2S. The molecule has 0 N–H and O–H groups in total. The Morgan fingerprint density at radius 3 is 1.71 bits per heavy atom. The smallest absolute Gasteiger partial charge is 0.418 e. The Hall–Kier alpha value is -1.39. The first-order valence-corrected chi connectivity index (χ1v) is 5.38. The van der Waals surface area contributed by atoms with Gasteiger partial charge in [0.25, 0.3) is 0 Å². The van der Waals surface area contributed by atoms with Crippen molar-refractivity contribution >= 4 is 17.7 Å². The summed E-state index contributed by atoms with van der Waals surface area (Å²) in [5.74, 6) is 0. The average Bonchev–Trinajstić information content (AvgIpc) is 2.14. The predicted octanol–water partition coefficient (Wildman–Crippen LogP) is 1.06. The van der Waals surface area contributed by atoms with Crippen molar-refractivity contribution < 1.29 is 34.2 Å². The van der Waals surface area contributed by atoms with Gasteiger partial charge < -0.3 is 17.3 Å². The maximum Gasteiger partial charge on any atom is 0.673 e. The molecule has 0 aromatic carbocycles. The van der Waals surface area contributed by atoms with Crippen molar-refractivity contribution in [3.05, 3.63) is 30.6 Å². The SMILES string of the molecule is CN([n+]1ccccc1)S(=O)(=O)F.F[B-](F)(F)F. The lowest BCUT2D eigenvalue weighted by Gasteiger charge is -2.04. The lowest BCUT2D eigenvalue weighted by molar-refractivity contribution is -0.674. The van der Waals surface area contributed by atoms with Crippen molar-refractivity contribution in [1.29, 1.82) is 0 Å². The summed E-state index contributed by atoms with van der Waals surface area (Å²) < 4.78 is 73.7. The van der Waals surface area contributed by atoms with Gasteiger partial charge in [0.1, 0.15) is 0 Å². The molecule has 17 heavy (non-hydrogen) atoms. The van der Waals surface area contributed by atoms with Crippen LogP contribution in [0.1, 0.15) is 0 Å². The molecule has 1 aromatic rings. The molecule has 0 spiro atoms. The van der Waals surface area contributed by atoms with Crippen molar-refractivity contribution in [3.8, 4) is 0 Å². The first-order valence-electron chi connectivity index (χ1n) is 4.04. The second kappa shape index (κ2) is 5.80. The van der Waals surface area contributed by atoms with Gasteiger partial charge in [0.2, 0.25) is 12.4 Å². The molecular weight excluding hydrogens is 270 g/mol. The number of pyridine rings is 1. The van der Waals surface area contributed by atoms with Gasteiger partial charge in [-0.3, -0.25) is 0 Å². The van der Waals surface area contributed by atoms with Gasteiger partial charge in [-0.2, -0.15) is 8.42 Å². The second-order valence-electron chi connectivity index (χ2n) is 2.63. The zero-order chi connectivity index (χ0) is 13.7. The Morgan fingerprint density at radius 1 is 1.06 bits per heavy atom. The molecule has 1 heterocycles. The molecule has 0 fully saturated rings. The van der Waals surface area contributed by atoms with Gasteiger partial charge >= 0.3 is 17.7 Å². The summed E-state index contributed by atoms with van der Waals surface area (Å²) >= 11 is 0. The number of nitrogens with zero attached hydrogens (tertiary/aromatic N) is 2. The van der Waals surface area contributed by atoms with Crippen LogP contribution in [0.25, 0.3) is 0 Å². The molecule has 0 saturated heterocycles. The number of rotatable bonds is 2. The zero-order valence-electron chi connectivity index (χ0n) is 8.47. The summed E-state index contributed by atoms with van der Waals surface area (Å²) in [5.41, 5.74) is 0. The van der Waals surface area contributed by atoms with E-state index >= 15 is 0 Å². The maximum absolute atomic E-state index is 12.3. The normalized spacial score (nSPS) is 11.4. The van der Waals surface area contributed by atoms with Crippen LogP contribution >= 0.6 is 0 Å². The van der Waals surface area contributed by atoms with Gasteiger partial charge in [0, 0.05) is 12.1 Å². The highest BCUT2D eigenvalue weighted by atomic mass is 32.3. The molecule has 0 unspecified atom stereocenters. The van der Waals surface area contributed by atoms with Crippen LogP contribution in [0.15, 0.2) is 30.6 Å². The number of hydrogen-bond acceptors (Lipinski definition) is 2. The molecule has 1 rings (SSSR count). The molecule has 0 amide bonds. The zero-order valence-corrected chi connectivity index (χ0v) is 9.29. The van der Waals surface area contributed by atoms with Crippen LogP contribution in [0.2, 0.25) is 0 Å². The second-order valence-corrected chi connectivity index (χ2v) is 3.98. The van der Waals surface area contributed by atoms with E-state index in [9.17, 15) is 29.6 Å². The summed E-state index contributed by atoms with van der Waals surface area (Å²) in [6.07, 6.45) is 2.86. The molecule has 0 aliphatic rings. The minimum absolute atomic E-state index is 0.493. The Morgan fingerprint density at radius 2 is 1.41 bits per heavy atom. The van der Waals surface area contributed by atoms with Gasteiger partial charge in [0.05, 0.1) is 7.05 Å². The third kappa shape index (κ3) is 8.42. The van der Waals surface area contributed by atoms with Crippen LogP contribution in [-0.2, 0) is 10.4 Å². The lowest BCUT2D eigenvalue weighted by Crippen LogP contribution is -2.56. The third-order valence-electron chi connectivity index (χ3n) is 1.34. The topological polar surface area (TPSA) is 41.3 Å². The summed E-state index contributed by atoms with van der Waals surface area (Å²) in [4.78, 5) is 0. The molecule has 0 atom stereocenters. The van der Waals surface area contributed by atoms with Crippen LogP contribution in [0.3, 0.4) is 0 Å². The highest BCUT2D eigenvalue weighted by molar-refractivity contribution is 7.87. The Kier molecular flexibility index (Phi) is 5.33. The molecule has 98 valence electrons. The van der Waals surface area contributed by atoms with E-state index in [0.29, 0.717) is 4.41 Å². The Labute approximate surface area is 94.7 Å². The molecule has 4 nitrogen and oxygen atoms in total. The fourth-order valence-corrected chi connectivity index (χ4v) is 1.02. The van der Waals surface area contributed by atoms with Crippen LogP contribution < -0.4 is 9.09 Å². The molecule has 0 bridgehead atoms. The van der Waals surface area contributed by atoms with E-state index in [2.05, 4.69) is 0 Å². The number of aromatic nitrogens is 1. The summed E-state index contributed by atoms with van der Waals surface area (Å²) in [7, 11) is -9.54. The molecule has 0 aliphatic carbocycles. The minimum atomic E-state index is -6.00. The Bertz CT molecular complexity index is 431. The summed E-state index contributed by atoms with van der Waals surface area (Å²) in [5, 5.41) is 0.